The fourth-order valence-corrected chi connectivity index (χ4v) is 4.03. The summed E-state index contributed by atoms with van der Waals surface area (Å²) in [4.78, 5) is 16.5. The summed E-state index contributed by atoms with van der Waals surface area (Å²) in [6, 6.07) is 2.81. The summed E-state index contributed by atoms with van der Waals surface area (Å²) in [6.07, 6.45) is -0.442. The van der Waals surface area contributed by atoms with E-state index in [4.69, 9.17) is 0 Å². The number of aromatic nitrogens is 1. The molecule has 1 fully saturated rings. The molecule has 3 atom stereocenters. The second-order valence-corrected chi connectivity index (χ2v) is 8.04. The summed E-state index contributed by atoms with van der Waals surface area (Å²) in [6.45, 7) is 6.06. The molecule has 8 heteroatoms. The Morgan fingerprint density at radius 1 is 1.41 bits per heavy atom. The first kappa shape index (κ1) is 19.8. The SMILES string of the molecule is CCC(C)(C)[C@@H]1CCC2=NN(C(=O)c3cccnc3)[C@@](O)(C(F)(F)F)[C@@H]2C1. The van der Waals surface area contributed by atoms with Crippen LogP contribution in [0, 0.1) is 17.3 Å². The first-order valence-electron chi connectivity index (χ1n) is 9.13. The molecule has 2 aliphatic rings. The van der Waals surface area contributed by atoms with Crippen LogP contribution in [-0.4, -0.2) is 38.6 Å². The van der Waals surface area contributed by atoms with E-state index < -0.39 is 23.7 Å². The third kappa shape index (κ3) is 3.13. The van der Waals surface area contributed by atoms with Crippen LogP contribution in [0.3, 0.4) is 0 Å². The third-order valence-electron chi connectivity index (χ3n) is 6.24. The van der Waals surface area contributed by atoms with Crippen molar-refractivity contribution >= 4 is 11.6 Å². The molecular formula is C19H24F3N3O2. The van der Waals surface area contributed by atoms with Crippen LogP contribution >= 0.6 is 0 Å². The Morgan fingerprint density at radius 3 is 2.67 bits per heavy atom. The topological polar surface area (TPSA) is 65.8 Å². The predicted octanol–water partition coefficient (Wildman–Crippen LogP) is 4.00. The highest BCUT2D eigenvalue weighted by Gasteiger charge is 2.69. The van der Waals surface area contributed by atoms with Crippen LogP contribution in [0.5, 0.6) is 0 Å². The molecule has 0 saturated heterocycles. The van der Waals surface area contributed by atoms with Crippen molar-refractivity contribution in [2.24, 2.45) is 22.4 Å². The second kappa shape index (κ2) is 6.58. The van der Waals surface area contributed by atoms with Crippen molar-refractivity contribution in [1.82, 2.24) is 9.99 Å². The van der Waals surface area contributed by atoms with E-state index in [-0.39, 0.29) is 34.0 Å². The lowest BCUT2D eigenvalue weighted by Crippen LogP contribution is -2.62. The maximum atomic E-state index is 14.0. The number of fused-ring (bicyclic) bond motifs is 1. The number of nitrogens with zero attached hydrogens (tertiary/aromatic N) is 3. The van der Waals surface area contributed by atoms with E-state index in [2.05, 4.69) is 10.1 Å². The molecule has 0 unspecified atom stereocenters. The highest BCUT2D eigenvalue weighted by molar-refractivity contribution is 5.99. The van der Waals surface area contributed by atoms with Gasteiger partial charge in [0.1, 0.15) is 0 Å². The molecule has 0 aromatic carbocycles. The molecule has 1 amide bonds. The van der Waals surface area contributed by atoms with Gasteiger partial charge in [0.05, 0.1) is 11.5 Å². The summed E-state index contributed by atoms with van der Waals surface area (Å²) in [5, 5.41) is 15.0. The number of hydrogen-bond donors (Lipinski definition) is 1. The molecule has 1 N–H and O–H groups in total. The number of alkyl halides is 3. The van der Waals surface area contributed by atoms with Gasteiger partial charge in [-0.2, -0.15) is 23.3 Å². The second-order valence-electron chi connectivity index (χ2n) is 8.04. The molecule has 1 aliphatic carbocycles. The summed E-state index contributed by atoms with van der Waals surface area (Å²) in [7, 11) is 0. The van der Waals surface area contributed by atoms with Gasteiger partial charge in [0, 0.05) is 18.1 Å². The number of amides is 1. The van der Waals surface area contributed by atoms with Crippen LogP contribution in [0.1, 0.15) is 56.8 Å². The third-order valence-corrected chi connectivity index (χ3v) is 6.24. The van der Waals surface area contributed by atoms with Gasteiger partial charge in [0.25, 0.3) is 11.6 Å². The van der Waals surface area contributed by atoms with E-state index >= 15 is 0 Å². The van der Waals surface area contributed by atoms with Gasteiger partial charge in [-0.3, -0.25) is 9.78 Å². The van der Waals surface area contributed by atoms with Crippen molar-refractivity contribution in [3.05, 3.63) is 30.1 Å². The monoisotopic (exact) mass is 383 g/mol. The quantitative estimate of drug-likeness (QED) is 0.858. The Labute approximate surface area is 156 Å². The molecule has 2 heterocycles. The van der Waals surface area contributed by atoms with Gasteiger partial charge in [-0.15, -0.1) is 0 Å². The van der Waals surface area contributed by atoms with Crippen LogP contribution in [-0.2, 0) is 0 Å². The summed E-state index contributed by atoms with van der Waals surface area (Å²) in [5.74, 6) is -2.24. The highest BCUT2D eigenvalue weighted by atomic mass is 19.4. The Bertz CT molecular complexity index is 748. The van der Waals surface area contributed by atoms with Crippen molar-refractivity contribution in [1.29, 1.82) is 0 Å². The minimum Gasteiger partial charge on any atom is -0.362 e. The van der Waals surface area contributed by atoms with E-state index in [1.54, 1.807) is 0 Å². The maximum Gasteiger partial charge on any atom is 0.439 e. The molecule has 0 bridgehead atoms. The van der Waals surface area contributed by atoms with Gasteiger partial charge in [-0.05, 0) is 42.7 Å². The molecule has 1 saturated carbocycles. The number of aliphatic hydroxyl groups is 1. The number of carbonyl (C=O) groups excluding carboxylic acids is 1. The van der Waals surface area contributed by atoms with Crippen LogP contribution in [0.4, 0.5) is 13.2 Å². The first-order valence-corrected chi connectivity index (χ1v) is 9.13. The van der Waals surface area contributed by atoms with E-state index in [0.29, 0.717) is 12.8 Å². The fourth-order valence-electron chi connectivity index (χ4n) is 4.03. The molecule has 1 aromatic heterocycles. The molecule has 1 aliphatic heterocycles. The van der Waals surface area contributed by atoms with Crippen LogP contribution < -0.4 is 0 Å². The standard InChI is InChI=1S/C19H24F3N3O2/c1-4-17(2,3)13-7-8-15-14(10-13)18(27,19(20,21)22)25(24-15)16(26)12-6-5-9-23-11-12/h5-6,9,11,13-14,27H,4,7-8,10H2,1-3H3/t13-,14-,18+/m1/s1. The van der Waals surface area contributed by atoms with Gasteiger partial charge in [-0.25, -0.2) is 0 Å². The van der Waals surface area contributed by atoms with E-state index in [1.807, 2.05) is 20.8 Å². The molecule has 3 rings (SSSR count). The largest absolute Gasteiger partial charge is 0.439 e. The molecular weight excluding hydrogens is 359 g/mol. The van der Waals surface area contributed by atoms with Crippen LogP contribution in [0.15, 0.2) is 29.6 Å². The van der Waals surface area contributed by atoms with Gasteiger partial charge in [0.15, 0.2) is 0 Å². The van der Waals surface area contributed by atoms with Gasteiger partial charge in [-0.1, -0.05) is 27.2 Å². The number of carbonyl (C=O) groups is 1. The van der Waals surface area contributed by atoms with E-state index in [9.17, 15) is 23.1 Å². The lowest BCUT2D eigenvalue weighted by Gasteiger charge is -2.43. The molecule has 1 aromatic rings. The van der Waals surface area contributed by atoms with Crippen molar-refractivity contribution in [3.63, 3.8) is 0 Å². The average Bonchev–Trinajstić information content (AvgIpc) is 2.95. The number of hydrazone groups is 1. The number of rotatable bonds is 3. The number of pyridine rings is 1. The summed E-state index contributed by atoms with van der Waals surface area (Å²) >= 11 is 0. The lowest BCUT2D eigenvalue weighted by molar-refractivity contribution is -0.314. The van der Waals surface area contributed by atoms with Crippen molar-refractivity contribution < 1.29 is 23.1 Å². The maximum absolute atomic E-state index is 14.0. The lowest BCUT2D eigenvalue weighted by atomic mass is 9.64. The molecule has 0 spiro atoms. The van der Waals surface area contributed by atoms with E-state index in [0.717, 1.165) is 6.42 Å². The summed E-state index contributed by atoms with van der Waals surface area (Å²) in [5.41, 5.74) is -3.29. The Kier molecular flexibility index (Phi) is 4.82. The smallest absolute Gasteiger partial charge is 0.362 e. The highest BCUT2D eigenvalue weighted by Crippen LogP contribution is 2.52. The van der Waals surface area contributed by atoms with Crippen molar-refractivity contribution in [2.45, 2.75) is 58.4 Å². The zero-order valence-electron chi connectivity index (χ0n) is 15.6. The van der Waals surface area contributed by atoms with Crippen LogP contribution in [0.25, 0.3) is 0 Å². The first-order chi connectivity index (χ1) is 12.5. The van der Waals surface area contributed by atoms with Crippen molar-refractivity contribution in [3.8, 4) is 0 Å². The van der Waals surface area contributed by atoms with Gasteiger partial charge in [0.2, 0.25) is 0 Å². The predicted molar refractivity (Wildman–Crippen MR) is 93.7 cm³/mol. The Hall–Kier alpha value is -1.96. The number of hydrogen-bond acceptors (Lipinski definition) is 4. The zero-order chi connectivity index (χ0) is 20.0. The molecule has 5 nitrogen and oxygen atoms in total. The normalized spacial score (nSPS) is 28.7. The van der Waals surface area contributed by atoms with Crippen LogP contribution in [0.2, 0.25) is 0 Å². The molecule has 148 valence electrons. The van der Waals surface area contributed by atoms with E-state index in [1.165, 1.54) is 24.5 Å². The fraction of sp³-hybridized carbons (Fsp3) is 0.632. The zero-order valence-corrected chi connectivity index (χ0v) is 15.6. The molecule has 0 radical (unpaired) electrons. The Morgan fingerprint density at radius 2 is 2.11 bits per heavy atom. The van der Waals surface area contributed by atoms with Gasteiger partial charge >= 0.3 is 6.18 Å². The van der Waals surface area contributed by atoms with Crippen molar-refractivity contribution in [2.75, 3.05) is 0 Å². The Balaban J connectivity index is 2.00. The minimum absolute atomic E-state index is 0.00812. The summed E-state index contributed by atoms with van der Waals surface area (Å²) < 4.78 is 42.0. The molecule has 27 heavy (non-hydrogen) atoms. The minimum atomic E-state index is -5.03. The number of halogens is 3. The van der Waals surface area contributed by atoms with Gasteiger partial charge < -0.3 is 5.11 Å². The average molecular weight is 383 g/mol.